The lowest BCUT2D eigenvalue weighted by atomic mass is 10.2. The van der Waals surface area contributed by atoms with Crippen molar-refractivity contribution < 1.29 is 26.7 Å². The third-order valence-corrected chi connectivity index (χ3v) is 5.85. The van der Waals surface area contributed by atoms with Crippen LogP contribution in [0.15, 0.2) is 41.6 Å². The second-order valence-corrected chi connectivity index (χ2v) is 8.17. The summed E-state index contributed by atoms with van der Waals surface area (Å²) in [5, 5.41) is 9.76. The summed E-state index contributed by atoms with van der Waals surface area (Å²) in [6.45, 7) is 0. The Bertz CT molecular complexity index is 1240. The number of halogens is 2. The molecule has 0 spiro atoms. The number of carbonyl (C=O) groups excluding carboxylic acids is 1. The fraction of sp³-hybridized carbons (Fsp3) is 0.167. The van der Waals surface area contributed by atoms with Gasteiger partial charge >= 0.3 is 0 Å². The van der Waals surface area contributed by atoms with Crippen molar-refractivity contribution in [3.05, 3.63) is 48.3 Å². The Labute approximate surface area is 170 Å². The van der Waals surface area contributed by atoms with Crippen LogP contribution in [0.25, 0.3) is 10.9 Å². The number of aromatic amines is 1. The Morgan fingerprint density at radius 1 is 1.37 bits per heavy atom. The number of rotatable bonds is 5. The first-order valence-electron chi connectivity index (χ1n) is 8.44. The Balaban J connectivity index is 1.86. The quantitative estimate of drug-likeness (QED) is 0.415. The zero-order valence-corrected chi connectivity index (χ0v) is 16.7. The van der Waals surface area contributed by atoms with Crippen LogP contribution in [0.2, 0.25) is 0 Å². The van der Waals surface area contributed by atoms with Crippen molar-refractivity contribution in [1.29, 1.82) is 5.41 Å². The molecule has 3 aromatic rings. The van der Waals surface area contributed by atoms with Gasteiger partial charge in [0.1, 0.15) is 17.4 Å². The van der Waals surface area contributed by atoms with E-state index in [4.69, 9.17) is 10.1 Å². The van der Waals surface area contributed by atoms with Crippen molar-refractivity contribution in [2.75, 3.05) is 30.1 Å². The van der Waals surface area contributed by atoms with Crippen molar-refractivity contribution in [3.8, 4) is 0 Å². The maximum absolute atomic E-state index is 14.1. The summed E-state index contributed by atoms with van der Waals surface area (Å²) >= 11 is 0. The first-order valence-corrected chi connectivity index (χ1v) is 10.1. The number of hydrogen-bond donors (Lipinski definition) is 3. The number of hydrogen-bond acceptors (Lipinski definition) is 6. The number of carbonyl (C=O) groups is 1. The van der Waals surface area contributed by atoms with E-state index in [1.54, 1.807) is 12.1 Å². The van der Waals surface area contributed by atoms with Crippen LogP contribution < -0.4 is 10.2 Å². The van der Waals surface area contributed by atoms with Gasteiger partial charge in [-0.15, -0.1) is 0 Å². The molecule has 2 aromatic heterocycles. The first-order chi connectivity index (χ1) is 14.1. The molecule has 3 N–H and O–H groups in total. The molecule has 0 aliphatic carbocycles. The van der Waals surface area contributed by atoms with E-state index in [0.29, 0.717) is 11.8 Å². The van der Waals surface area contributed by atoms with Gasteiger partial charge in [0.25, 0.3) is 6.02 Å². The highest BCUT2D eigenvalue weighted by Crippen LogP contribution is 2.28. The molecule has 3 rings (SSSR count). The molecule has 0 saturated carbocycles. The topological polar surface area (TPSA) is 128 Å². The van der Waals surface area contributed by atoms with Crippen LogP contribution in [0.1, 0.15) is 0 Å². The standard InChI is InChI=1S/C18H17F2N5O4S/c1-25(18(21)29-2)13-4-3-5-22-17(13)24-15(26)9-30(27,28)14-8-23-12-7-10(19)6-11(20)16(12)14/h3-8,21,23H,9H2,1-2H3,(H,22,24,26). The number of nitrogens with zero attached hydrogens (tertiary/aromatic N) is 2. The number of sulfone groups is 1. The summed E-state index contributed by atoms with van der Waals surface area (Å²) in [6, 6.07) is 4.41. The average molecular weight is 437 g/mol. The van der Waals surface area contributed by atoms with E-state index in [2.05, 4.69) is 15.3 Å². The molecular weight excluding hydrogens is 420 g/mol. The number of amidine groups is 1. The highest BCUT2D eigenvalue weighted by Gasteiger charge is 2.26. The van der Waals surface area contributed by atoms with Gasteiger partial charge < -0.3 is 15.0 Å². The smallest absolute Gasteiger partial charge is 0.288 e. The summed E-state index contributed by atoms with van der Waals surface area (Å²) in [6.07, 6.45) is 2.39. The highest BCUT2D eigenvalue weighted by atomic mass is 32.2. The van der Waals surface area contributed by atoms with Gasteiger partial charge in [0.2, 0.25) is 5.91 Å². The molecule has 0 radical (unpaired) electrons. The van der Waals surface area contributed by atoms with E-state index in [1.807, 2.05) is 0 Å². The molecule has 0 bridgehead atoms. The Morgan fingerprint density at radius 2 is 2.10 bits per heavy atom. The average Bonchev–Trinajstić information content (AvgIpc) is 3.12. The summed E-state index contributed by atoms with van der Waals surface area (Å²) in [5.41, 5.74) is 0.252. The minimum Gasteiger partial charge on any atom is -0.468 e. The number of methoxy groups -OCH3 is 1. The molecule has 1 aromatic carbocycles. The molecule has 30 heavy (non-hydrogen) atoms. The number of pyridine rings is 1. The Morgan fingerprint density at radius 3 is 2.80 bits per heavy atom. The number of nitrogens with one attached hydrogen (secondary N) is 3. The molecule has 0 saturated heterocycles. The minimum absolute atomic E-state index is 0.00850. The van der Waals surface area contributed by atoms with Crippen LogP contribution in [-0.2, 0) is 19.4 Å². The summed E-state index contributed by atoms with van der Waals surface area (Å²) in [7, 11) is -1.47. The SMILES string of the molecule is COC(=N)N(C)c1cccnc1NC(=O)CS(=O)(=O)c1c[nH]c2cc(F)cc(F)c12. The lowest BCUT2D eigenvalue weighted by molar-refractivity contribution is -0.113. The minimum atomic E-state index is -4.27. The van der Waals surface area contributed by atoms with Crippen molar-refractivity contribution in [2.45, 2.75) is 4.90 Å². The van der Waals surface area contributed by atoms with Gasteiger partial charge in [-0.2, -0.15) is 0 Å². The van der Waals surface area contributed by atoms with Gasteiger partial charge in [-0.05, 0) is 18.2 Å². The van der Waals surface area contributed by atoms with Crippen LogP contribution in [-0.4, -0.2) is 50.2 Å². The van der Waals surface area contributed by atoms with Crippen molar-refractivity contribution >= 4 is 44.2 Å². The van der Waals surface area contributed by atoms with Crippen molar-refractivity contribution in [2.24, 2.45) is 0 Å². The maximum atomic E-state index is 14.1. The molecule has 1 amide bonds. The number of ether oxygens (including phenoxy) is 1. The molecule has 0 fully saturated rings. The van der Waals surface area contributed by atoms with E-state index in [0.717, 1.165) is 12.3 Å². The van der Waals surface area contributed by atoms with Crippen LogP contribution in [0.3, 0.4) is 0 Å². The van der Waals surface area contributed by atoms with Gasteiger partial charge in [0.15, 0.2) is 15.7 Å². The number of H-pyrrole nitrogens is 1. The molecular formula is C18H17F2N5O4S. The maximum Gasteiger partial charge on any atom is 0.288 e. The largest absolute Gasteiger partial charge is 0.468 e. The summed E-state index contributed by atoms with van der Waals surface area (Å²) in [4.78, 5) is 19.7. The van der Waals surface area contributed by atoms with E-state index in [1.165, 1.54) is 25.3 Å². The van der Waals surface area contributed by atoms with E-state index < -0.39 is 38.0 Å². The number of anilines is 2. The number of fused-ring (bicyclic) bond motifs is 1. The van der Waals surface area contributed by atoms with Gasteiger partial charge in [0, 0.05) is 25.5 Å². The molecule has 0 aliphatic rings. The monoisotopic (exact) mass is 437 g/mol. The molecule has 12 heteroatoms. The molecule has 0 atom stereocenters. The molecule has 0 aliphatic heterocycles. The first kappa shape index (κ1) is 21.2. The second kappa shape index (κ2) is 8.06. The van der Waals surface area contributed by atoms with Crippen LogP contribution in [0.5, 0.6) is 0 Å². The van der Waals surface area contributed by atoms with E-state index >= 15 is 0 Å². The molecule has 9 nitrogen and oxygen atoms in total. The second-order valence-electron chi connectivity index (χ2n) is 6.21. The summed E-state index contributed by atoms with van der Waals surface area (Å²) in [5.74, 6) is -3.84. The third kappa shape index (κ3) is 4.08. The number of benzene rings is 1. The normalized spacial score (nSPS) is 11.3. The lowest BCUT2D eigenvalue weighted by Gasteiger charge is -2.20. The zero-order valence-electron chi connectivity index (χ0n) is 15.9. The summed E-state index contributed by atoms with van der Waals surface area (Å²) < 4.78 is 57.7. The highest BCUT2D eigenvalue weighted by molar-refractivity contribution is 7.92. The predicted octanol–water partition coefficient (Wildman–Crippen LogP) is 2.27. The van der Waals surface area contributed by atoms with Crippen molar-refractivity contribution in [1.82, 2.24) is 9.97 Å². The van der Waals surface area contributed by atoms with Gasteiger partial charge in [-0.3, -0.25) is 15.1 Å². The molecule has 0 unspecified atom stereocenters. The predicted molar refractivity (Wildman–Crippen MR) is 106 cm³/mol. The van der Waals surface area contributed by atoms with E-state index in [-0.39, 0.29) is 22.7 Å². The lowest BCUT2D eigenvalue weighted by Crippen LogP contribution is -2.29. The van der Waals surface area contributed by atoms with Crippen LogP contribution in [0, 0.1) is 17.0 Å². The Hall–Kier alpha value is -3.54. The fourth-order valence-electron chi connectivity index (χ4n) is 2.83. The van der Waals surface area contributed by atoms with Gasteiger partial charge in [-0.1, -0.05) is 0 Å². The third-order valence-electron chi connectivity index (χ3n) is 4.22. The molecule has 2 heterocycles. The van der Waals surface area contributed by atoms with E-state index in [9.17, 15) is 22.0 Å². The number of amides is 1. The number of aromatic nitrogens is 2. The Kier molecular flexibility index (Phi) is 5.69. The van der Waals surface area contributed by atoms with Gasteiger partial charge in [0.05, 0.1) is 28.6 Å². The zero-order chi connectivity index (χ0) is 22.1. The van der Waals surface area contributed by atoms with Crippen LogP contribution >= 0.6 is 0 Å². The van der Waals surface area contributed by atoms with Gasteiger partial charge in [-0.25, -0.2) is 22.2 Å². The fourth-order valence-corrected chi connectivity index (χ4v) is 4.16. The molecule has 158 valence electrons. The van der Waals surface area contributed by atoms with Crippen molar-refractivity contribution in [3.63, 3.8) is 0 Å². The van der Waals surface area contributed by atoms with Crippen LogP contribution in [0.4, 0.5) is 20.3 Å².